The topological polar surface area (TPSA) is 70.2 Å². The standard InChI is InChI=1S/C22H29N3O2/c1-15(2)13-20(17-9-6-5-7-10-17)25-21(26)18-11-8-12-19(14-18)24-22(27)23-16(3)4/h5-12,14-16,20H,13H2,1-4H3,(H,25,26)(H2,23,24,27). The minimum atomic E-state index is -0.287. The van der Waals surface area contributed by atoms with Gasteiger partial charge in [0.05, 0.1) is 6.04 Å². The maximum absolute atomic E-state index is 12.8. The van der Waals surface area contributed by atoms with Gasteiger partial charge in [-0.2, -0.15) is 0 Å². The fraction of sp³-hybridized carbons (Fsp3) is 0.364. The van der Waals surface area contributed by atoms with Crippen LogP contribution in [0.5, 0.6) is 0 Å². The molecule has 0 saturated carbocycles. The van der Waals surface area contributed by atoms with Crippen LogP contribution in [0, 0.1) is 5.92 Å². The zero-order chi connectivity index (χ0) is 19.8. The first-order valence-corrected chi connectivity index (χ1v) is 9.38. The number of rotatable bonds is 7. The number of hydrogen-bond donors (Lipinski definition) is 3. The summed E-state index contributed by atoms with van der Waals surface area (Å²) in [7, 11) is 0. The van der Waals surface area contributed by atoms with Gasteiger partial charge in [0.1, 0.15) is 0 Å². The van der Waals surface area contributed by atoms with Crippen LogP contribution in [0.15, 0.2) is 54.6 Å². The number of nitrogens with one attached hydrogen (secondary N) is 3. The van der Waals surface area contributed by atoms with Crippen LogP contribution in [-0.2, 0) is 0 Å². The highest BCUT2D eigenvalue weighted by molar-refractivity contribution is 5.97. The van der Waals surface area contributed by atoms with Gasteiger partial charge in [-0.1, -0.05) is 50.2 Å². The van der Waals surface area contributed by atoms with E-state index in [9.17, 15) is 9.59 Å². The van der Waals surface area contributed by atoms with Crippen molar-refractivity contribution < 1.29 is 9.59 Å². The first-order chi connectivity index (χ1) is 12.8. The lowest BCUT2D eigenvalue weighted by atomic mass is 9.96. The maximum atomic E-state index is 12.8. The number of amides is 3. The van der Waals surface area contributed by atoms with E-state index >= 15 is 0 Å². The Balaban J connectivity index is 2.11. The Bertz CT molecular complexity index is 757. The van der Waals surface area contributed by atoms with Gasteiger partial charge in [-0.3, -0.25) is 4.79 Å². The molecule has 0 aliphatic rings. The Morgan fingerprint density at radius 3 is 2.22 bits per heavy atom. The molecule has 0 aromatic heterocycles. The predicted molar refractivity (Wildman–Crippen MR) is 110 cm³/mol. The molecule has 0 fully saturated rings. The van der Waals surface area contributed by atoms with Gasteiger partial charge in [0.2, 0.25) is 0 Å². The Kier molecular flexibility index (Phi) is 7.41. The molecule has 0 heterocycles. The average molecular weight is 367 g/mol. The largest absolute Gasteiger partial charge is 0.345 e. The fourth-order valence-electron chi connectivity index (χ4n) is 2.84. The summed E-state index contributed by atoms with van der Waals surface area (Å²) in [6, 6.07) is 16.6. The molecule has 5 nitrogen and oxygen atoms in total. The number of carbonyl (C=O) groups excluding carboxylic acids is 2. The van der Waals surface area contributed by atoms with Crippen molar-refractivity contribution >= 4 is 17.6 Å². The predicted octanol–water partition coefficient (Wildman–Crippen LogP) is 4.73. The van der Waals surface area contributed by atoms with Crippen molar-refractivity contribution in [3.8, 4) is 0 Å². The van der Waals surface area contributed by atoms with Crippen molar-refractivity contribution in [2.75, 3.05) is 5.32 Å². The molecule has 1 atom stereocenters. The van der Waals surface area contributed by atoms with Crippen molar-refractivity contribution in [1.82, 2.24) is 10.6 Å². The van der Waals surface area contributed by atoms with Crippen molar-refractivity contribution in [2.45, 2.75) is 46.2 Å². The van der Waals surface area contributed by atoms with Crippen LogP contribution in [-0.4, -0.2) is 18.0 Å². The van der Waals surface area contributed by atoms with E-state index in [2.05, 4.69) is 29.8 Å². The van der Waals surface area contributed by atoms with Crippen LogP contribution in [0.25, 0.3) is 0 Å². The lowest BCUT2D eigenvalue weighted by Crippen LogP contribution is -2.34. The summed E-state index contributed by atoms with van der Waals surface area (Å²) in [6.07, 6.45) is 0.852. The zero-order valence-corrected chi connectivity index (χ0v) is 16.5. The van der Waals surface area contributed by atoms with E-state index in [-0.39, 0.29) is 24.0 Å². The number of hydrogen-bond acceptors (Lipinski definition) is 2. The van der Waals surface area contributed by atoms with E-state index in [0.29, 0.717) is 17.2 Å². The van der Waals surface area contributed by atoms with Gasteiger partial charge in [-0.05, 0) is 49.9 Å². The number of anilines is 1. The number of benzene rings is 2. The highest BCUT2D eigenvalue weighted by Crippen LogP contribution is 2.22. The Morgan fingerprint density at radius 2 is 1.59 bits per heavy atom. The molecule has 0 bridgehead atoms. The molecule has 5 heteroatoms. The average Bonchev–Trinajstić information content (AvgIpc) is 2.61. The number of urea groups is 1. The Hall–Kier alpha value is -2.82. The second-order valence-electron chi connectivity index (χ2n) is 7.40. The van der Waals surface area contributed by atoms with Gasteiger partial charge in [0, 0.05) is 17.3 Å². The minimum Gasteiger partial charge on any atom is -0.345 e. The molecule has 0 saturated heterocycles. The molecule has 144 valence electrons. The third-order valence-corrected chi connectivity index (χ3v) is 4.02. The second kappa shape index (κ2) is 9.76. The van der Waals surface area contributed by atoms with Crippen LogP contribution < -0.4 is 16.0 Å². The summed E-state index contributed by atoms with van der Waals surface area (Å²) in [5.74, 6) is 0.292. The fourth-order valence-corrected chi connectivity index (χ4v) is 2.84. The van der Waals surface area contributed by atoms with E-state index < -0.39 is 0 Å². The van der Waals surface area contributed by atoms with Crippen LogP contribution in [0.4, 0.5) is 10.5 Å². The SMILES string of the molecule is CC(C)CC(NC(=O)c1cccc(NC(=O)NC(C)C)c1)c1ccccc1. The van der Waals surface area contributed by atoms with E-state index in [1.807, 2.05) is 44.2 Å². The van der Waals surface area contributed by atoms with Gasteiger partial charge in [0.15, 0.2) is 0 Å². The van der Waals surface area contributed by atoms with Crippen molar-refractivity contribution in [3.05, 3.63) is 65.7 Å². The first kappa shape index (κ1) is 20.5. The van der Waals surface area contributed by atoms with Crippen LogP contribution >= 0.6 is 0 Å². The number of carbonyl (C=O) groups is 2. The third-order valence-electron chi connectivity index (χ3n) is 4.02. The van der Waals surface area contributed by atoms with Gasteiger partial charge >= 0.3 is 6.03 Å². The van der Waals surface area contributed by atoms with E-state index in [0.717, 1.165) is 12.0 Å². The monoisotopic (exact) mass is 367 g/mol. The highest BCUT2D eigenvalue weighted by atomic mass is 16.2. The quantitative estimate of drug-likeness (QED) is 0.662. The molecule has 0 aliphatic heterocycles. The van der Waals surface area contributed by atoms with Crippen LogP contribution in [0.3, 0.4) is 0 Å². The molecule has 2 rings (SSSR count). The molecular weight excluding hydrogens is 338 g/mol. The van der Waals surface area contributed by atoms with Crippen molar-refractivity contribution in [1.29, 1.82) is 0 Å². The third kappa shape index (κ3) is 6.77. The maximum Gasteiger partial charge on any atom is 0.319 e. The molecule has 27 heavy (non-hydrogen) atoms. The lowest BCUT2D eigenvalue weighted by Gasteiger charge is -2.21. The first-order valence-electron chi connectivity index (χ1n) is 9.38. The lowest BCUT2D eigenvalue weighted by molar-refractivity contribution is 0.0932. The summed E-state index contributed by atoms with van der Waals surface area (Å²) >= 11 is 0. The van der Waals surface area contributed by atoms with Crippen LogP contribution in [0.1, 0.15) is 56.1 Å². The Morgan fingerprint density at radius 1 is 0.889 bits per heavy atom. The van der Waals surface area contributed by atoms with Gasteiger partial charge in [-0.25, -0.2) is 4.79 Å². The summed E-state index contributed by atoms with van der Waals surface area (Å²) in [5.41, 5.74) is 2.19. The van der Waals surface area contributed by atoms with Crippen molar-refractivity contribution in [2.24, 2.45) is 5.92 Å². The normalized spacial score (nSPS) is 11.9. The molecule has 3 amide bonds. The van der Waals surface area contributed by atoms with Gasteiger partial charge in [-0.15, -0.1) is 0 Å². The summed E-state index contributed by atoms with van der Waals surface area (Å²) < 4.78 is 0. The van der Waals surface area contributed by atoms with Gasteiger partial charge in [0.25, 0.3) is 5.91 Å². The van der Waals surface area contributed by atoms with Crippen LogP contribution in [0.2, 0.25) is 0 Å². The molecule has 0 aliphatic carbocycles. The molecule has 2 aromatic carbocycles. The molecule has 3 N–H and O–H groups in total. The molecule has 1 unspecified atom stereocenters. The summed E-state index contributed by atoms with van der Waals surface area (Å²) in [4.78, 5) is 24.7. The summed E-state index contributed by atoms with van der Waals surface area (Å²) in [5, 5.41) is 8.65. The minimum absolute atomic E-state index is 0.0409. The van der Waals surface area contributed by atoms with E-state index in [1.54, 1.807) is 24.3 Å². The molecule has 0 spiro atoms. The van der Waals surface area contributed by atoms with Crippen molar-refractivity contribution in [3.63, 3.8) is 0 Å². The molecule has 2 aromatic rings. The smallest absolute Gasteiger partial charge is 0.319 e. The van der Waals surface area contributed by atoms with E-state index in [1.165, 1.54) is 0 Å². The molecular formula is C22H29N3O2. The zero-order valence-electron chi connectivity index (χ0n) is 16.5. The van der Waals surface area contributed by atoms with E-state index in [4.69, 9.17) is 0 Å². The summed E-state index contributed by atoms with van der Waals surface area (Å²) in [6.45, 7) is 8.06. The second-order valence-corrected chi connectivity index (χ2v) is 7.40. The van der Waals surface area contributed by atoms with Gasteiger partial charge < -0.3 is 16.0 Å². The highest BCUT2D eigenvalue weighted by Gasteiger charge is 2.17. The Labute approximate surface area is 161 Å². The molecule has 0 radical (unpaired) electrons.